The van der Waals surface area contributed by atoms with E-state index in [1.807, 2.05) is 0 Å². The number of fused-ring (bicyclic) bond motifs is 1. The Morgan fingerprint density at radius 3 is 2.91 bits per heavy atom. The van der Waals surface area contributed by atoms with Crippen molar-refractivity contribution in [1.29, 1.82) is 0 Å². The quantitative estimate of drug-likeness (QED) is 0.314. The van der Waals surface area contributed by atoms with Gasteiger partial charge in [-0.3, -0.25) is 14.8 Å². The van der Waals surface area contributed by atoms with Crippen LogP contribution in [0.15, 0.2) is 39.2 Å². The zero-order chi connectivity index (χ0) is 25.1. The van der Waals surface area contributed by atoms with Gasteiger partial charge in [0, 0.05) is 30.3 Å². The lowest BCUT2D eigenvalue weighted by atomic mass is 9.85. The molecule has 1 amide bonds. The van der Waals surface area contributed by atoms with Gasteiger partial charge in [-0.1, -0.05) is 17.7 Å². The zero-order valence-electron chi connectivity index (χ0n) is 19.0. The van der Waals surface area contributed by atoms with Crippen LogP contribution in [0.5, 0.6) is 0 Å². The number of carbonyl (C=O) groups is 1. The van der Waals surface area contributed by atoms with Crippen molar-refractivity contribution >= 4 is 41.0 Å². The average molecular weight is 490 g/mol. The number of anilines is 1. The van der Waals surface area contributed by atoms with E-state index < -0.39 is 23.1 Å². The number of thioether (sulfide) groups is 1. The molecular weight excluding hydrogens is 464 g/mol. The number of rotatable bonds is 9. The van der Waals surface area contributed by atoms with Crippen molar-refractivity contribution in [3.8, 4) is 12.3 Å². The number of aliphatic imine (C=N–C) groups is 3. The van der Waals surface area contributed by atoms with Gasteiger partial charge in [-0.25, -0.2) is 13.8 Å². The molecule has 0 spiro atoms. The number of carbonyl (C=O) groups excluding carboxylic acids is 1. The van der Waals surface area contributed by atoms with Crippen molar-refractivity contribution in [1.82, 2.24) is 0 Å². The number of ether oxygens (including phenoxy) is 2. The van der Waals surface area contributed by atoms with E-state index in [0.29, 0.717) is 13.0 Å². The summed E-state index contributed by atoms with van der Waals surface area (Å²) in [5, 5.41) is 2.81. The minimum atomic E-state index is -1.12. The summed E-state index contributed by atoms with van der Waals surface area (Å²) in [4.78, 5) is 24.6. The Hall–Kier alpha value is -3.23. The summed E-state index contributed by atoms with van der Waals surface area (Å²) >= 11 is 1.39. The number of nitrogens with two attached hydrogens (primary N) is 1. The monoisotopic (exact) mass is 489 g/mol. The molecule has 0 saturated heterocycles. The molecule has 2 aliphatic rings. The van der Waals surface area contributed by atoms with Crippen LogP contribution in [0.3, 0.4) is 0 Å². The third-order valence-electron chi connectivity index (χ3n) is 5.73. The predicted octanol–water partition coefficient (Wildman–Crippen LogP) is 3.20. The Balaban J connectivity index is 1.88. The van der Waals surface area contributed by atoms with E-state index in [1.54, 1.807) is 14.0 Å². The molecule has 3 atom stereocenters. The highest BCUT2D eigenvalue weighted by atomic mass is 32.2. The van der Waals surface area contributed by atoms with E-state index in [0.717, 1.165) is 6.07 Å². The van der Waals surface area contributed by atoms with Gasteiger partial charge >= 0.3 is 0 Å². The van der Waals surface area contributed by atoms with E-state index in [4.69, 9.17) is 21.6 Å². The number of amides is 1. The number of benzene rings is 1. The number of nitrogens with zero attached hydrogens (tertiary/aromatic N) is 3. The highest BCUT2D eigenvalue weighted by Gasteiger charge is 2.66. The molecule has 1 heterocycles. The Kier molecular flexibility index (Phi) is 7.43. The summed E-state index contributed by atoms with van der Waals surface area (Å²) in [5.74, 6) is -0.607. The van der Waals surface area contributed by atoms with Crippen LogP contribution in [0.25, 0.3) is 0 Å². The minimum Gasteiger partial charge on any atom is -0.463 e. The van der Waals surface area contributed by atoms with Crippen LogP contribution in [0.4, 0.5) is 14.5 Å². The van der Waals surface area contributed by atoms with Gasteiger partial charge in [-0.15, -0.1) is 6.42 Å². The van der Waals surface area contributed by atoms with Crippen LogP contribution in [-0.2, 0) is 19.8 Å². The molecule has 0 aromatic heterocycles. The maximum atomic E-state index is 15.0. The summed E-state index contributed by atoms with van der Waals surface area (Å²) in [5.41, 5.74) is 4.99. The van der Waals surface area contributed by atoms with Crippen LogP contribution in [0.2, 0.25) is 0 Å². The van der Waals surface area contributed by atoms with E-state index in [2.05, 4.69) is 32.9 Å². The molecule has 1 aromatic carbocycles. The van der Waals surface area contributed by atoms with E-state index in [9.17, 15) is 13.6 Å². The van der Waals surface area contributed by atoms with Crippen LogP contribution < -0.4 is 11.1 Å². The number of halogens is 2. The fourth-order valence-electron chi connectivity index (χ4n) is 4.03. The van der Waals surface area contributed by atoms with Crippen molar-refractivity contribution in [2.75, 3.05) is 25.6 Å². The van der Waals surface area contributed by atoms with Gasteiger partial charge in [-0.2, -0.15) is 0 Å². The topological polar surface area (TPSA) is 111 Å². The van der Waals surface area contributed by atoms with E-state index in [1.165, 1.54) is 31.0 Å². The molecule has 0 radical (unpaired) electrons. The molecule has 34 heavy (non-hydrogen) atoms. The Labute approximate surface area is 200 Å². The summed E-state index contributed by atoms with van der Waals surface area (Å²) in [6.07, 6.45) is 6.98. The number of hydrogen-bond donors (Lipinski definition) is 2. The first-order valence-corrected chi connectivity index (χ1v) is 11.0. The third-order valence-corrected chi connectivity index (χ3v) is 7.01. The lowest BCUT2D eigenvalue weighted by Gasteiger charge is -2.34. The van der Waals surface area contributed by atoms with Crippen LogP contribution >= 0.6 is 11.8 Å². The van der Waals surface area contributed by atoms with Crippen LogP contribution in [0, 0.1) is 29.9 Å². The second-order valence-electron chi connectivity index (χ2n) is 8.06. The normalized spacial score (nSPS) is 26.1. The van der Waals surface area contributed by atoms with Gasteiger partial charge in [-0.05, 0) is 33.1 Å². The van der Waals surface area contributed by atoms with Gasteiger partial charge in [0.15, 0.2) is 23.4 Å². The second-order valence-corrected chi connectivity index (χ2v) is 9.50. The van der Waals surface area contributed by atoms with Crippen molar-refractivity contribution in [3.05, 3.63) is 41.4 Å². The molecule has 1 aromatic rings. The zero-order valence-corrected chi connectivity index (χ0v) is 19.8. The maximum absolute atomic E-state index is 15.0. The standard InChI is InChI=1S/C23H25F2N5O3S/c1-6-7-33-18(27-4)11-28-13(2)20(31)29-14-8-15(19(25)16(24)9-14)22(3)17-10-23(17,12-32-5)34-21(26)30-22/h1,8-9,11,17H,4,7,10,12H2,2-3,5H3,(H2,26,30)(H,29,31)/b18-11+,28-13?/t17-,22+,23+/m0/s1. The number of nitrogens with one attached hydrogen (secondary N) is 1. The number of amidine groups is 1. The number of terminal acetylenes is 1. The molecule has 1 fully saturated rings. The van der Waals surface area contributed by atoms with Gasteiger partial charge in [0.2, 0.25) is 5.88 Å². The van der Waals surface area contributed by atoms with Gasteiger partial charge in [0.25, 0.3) is 5.91 Å². The van der Waals surface area contributed by atoms with Gasteiger partial charge in [0.05, 0.1) is 23.1 Å². The molecule has 1 saturated carbocycles. The third kappa shape index (κ3) is 4.98. The molecular formula is C23H25F2N5O3S. The summed E-state index contributed by atoms with van der Waals surface area (Å²) in [7, 11) is 1.58. The molecule has 1 aliphatic heterocycles. The Bertz CT molecular complexity index is 1150. The number of hydrogen-bond acceptors (Lipinski definition) is 8. The molecule has 0 unspecified atom stereocenters. The van der Waals surface area contributed by atoms with Gasteiger partial charge < -0.3 is 20.5 Å². The largest absolute Gasteiger partial charge is 0.463 e. The molecule has 11 heteroatoms. The number of methoxy groups -OCH3 is 1. The SMILES string of the molecule is C#CCO/C(=C/N=C(C)C(=O)Nc1cc(F)c(F)c([C@@]2(C)N=C(N)S[C@@]3(COC)C[C@H]32)c1)N=C. The first-order chi connectivity index (χ1) is 16.1. The average Bonchev–Trinajstić information content (AvgIpc) is 3.50. The van der Waals surface area contributed by atoms with Crippen molar-refractivity contribution in [2.24, 2.45) is 26.6 Å². The maximum Gasteiger partial charge on any atom is 0.269 e. The van der Waals surface area contributed by atoms with E-state index in [-0.39, 0.29) is 45.3 Å². The van der Waals surface area contributed by atoms with Gasteiger partial charge in [0.1, 0.15) is 5.71 Å². The highest BCUT2D eigenvalue weighted by molar-refractivity contribution is 8.15. The Morgan fingerprint density at radius 1 is 1.53 bits per heavy atom. The van der Waals surface area contributed by atoms with Crippen molar-refractivity contribution < 1.29 is 23.0 Å². The van der Waals surface area contributed by atoms with Crippen molar-refractivity contribution in [3.63, 3.8) is 0 Å². The summed E-state index contributed by atoms with van der Waals surface area (Å²) in [6, 6.07) is 2.27. The minimum absolute atomic E-state index is 0.00402. The second kappa shape index (κ2) is 9.95. The molecule has 0 bridgehead atoms. The molecule has 1 aliphatic carbocycles. The Morgan fingerprint density at radius 2 is 2.26 bits per heavy atom. The fraction of sp³-hybridized carbons (Fsp3) is 0.391. The van der Waals surface area contributed by atoms with Crippen molar-refractivity contribution in [2.45, 2.75) is 30.6 Å². The highest BCUT2D eigenvalue weighted by Crippen LogP contribution is 2.66. The van der Waals surface area contributed by atoms with Crippen LogP contribution in [0.1, 0.15) is 25.8 Å². The lowest BCUT2D eigenvalue weighted by Crippen LogP contribution is -2.38. The summed E-state index contributed by atoms with van der Waals surface area (Å²) in [6.45, 7) is 6.84. The van der Waals surface area contributed by atoms with E-state index >= 15 is 0 Å². The lowest BCUT2D eigenvalue weighted by molar-refractivity contribution is -0.110. The summed E-state index contributed by atoms with van der Waals surface area (Å²) < 4.78 is 39.6. The predicted molar refractivity (Wildman–Crippen MR) is 130 cm³/mol. The first-order valence-electron chi connectivity index (χ1n) is 10.2. The molecule has 3 N–H and O–H groups in total. The molecule has 3 rings (SSSR count). The molecule has 8 nitrogen and oxygen atoms in total. The van der Waals surface area contributed by atoms with Crippen LogP contribution in [-0.4, -0.2) is 48.6 Å². The fourth-order valence-corrected chi connectivity index (χ4v) is 5.48. The first kappa shape index (κ1) is 25.4. The molecule has 180 valence electrons. The smallest absolute Gasteiger partial charge is 0.269 e.